The van der Waals surface area contributed by atoms with E-state index in [-0.39, 0.29) is 5.91 Å². The molecule has 2 aromatic rings. The molecule has 2 aromatic carbocycles. The average molecular weight is 320 g/mol. The van der Waals surface area contributed by atoms with Gasteiger partial charge >= 0.3 is 0 Å². The van der Waals surface area contributed by atoms with E-state index in [9.17, 15) is 4.79 Å². The lowest BCUT2D eigenvalue weighted by Crippen LogP contribution is -2.30. The standard InChI is InChI=1S/C21H24N2O/c1-16-12-13-23(14-18-6-4-3-5-7-18)15-21(16)19-8-10-20(11-9-19)22-17(2)24/h3-11H,12-15H2,1-2H3,(H,22,24). The van der Waals surface area contributed by atoms with Crippen molar-refractivity contribution in [1.82, 2.24) is 4.90 Å². The summed E-state index contributed by atoms with van der Waals surface area (Å²) in [6.45, 7) is 6.83. The summed E-state index contributed by atoms with van der Waals surface area (Å²) in [5.74, 6) is -0.0372. The van der Waals surface area contributed by atoms with E-state index in [2.05, 4.69) is 59.6 Å². The summed E-state index contributed by atoms with van der Waals surface area (Å²) < 4.78 is 0. The van der Waals surface area contributed by atoms with Gasteiger partial charge < -0.3 is 5.32 Å². The zero-order valence-electron chi connectivity index (χ0n) is 14.4. The van der Waals surface area contributed by atoms with Gasteiger partial charge in [0.25, 0.3) is 0 Å². The van der Waals surface area contributed by atoms with Crippen LogP contribution >= 0.6 is 0 Å². The van der Waals surface area contributed by atoms with Crippen LogP contribution in [-0.2, 0) is 11.3 Å². The smallest absolute Gasteiger partial charge is 0.221 e. The first-order valence-electron chi connectivity index (χ1n) is 8.45. The first kappa shape index (κ1) is 16.5. The Morgan fingerprint density at radius 1 is 1.08 bits per heavy atom. The van der Waals surface area contributed by atoms with Crippen LogP contribution in [0.2, 0.25) is 0 Å². The number of amides is 1. The summed E-state index contributed by atoms with van der Waals surface area (Å²) >= 11 is 0. The minimum atomic E-state index is -0.0372. The van der Waals surface area contributed by atoms with Crippen molar-refractivity contribution in [2.45, 2.75) is 26.8 Å². The second-order valence-corrected chi connectivity index (χ2v) is 6.46. The zero-order valence-corrected chi connectivity index (χ0v) is 14.4. The molecule has 124 valence electrons. The highest BCUT2D eigenvalue weighted by Crippen LogP contribution is 2.28. The number of anilines is 1. The predicted molar refractivity (Wildman–Crippen MR) is 99.7 cm³/mol. The quantitative estimate of drug-likeness (QED) is 0.909. The summed E-state index contributed by atoms with van der Waals surface area (Å²) in [5, 5.41) is 2.82. The van der Waals surface area contributed by atoms with Crippen LogP contribution in [0.1, 0.15) is 31.4 Å². The van der Waals surface area contributed by atoms with Crippen LogP contribution in [0.4, 0.5) is 5.69 Å². The monoisotopic (exact) mass is 320 g/mol. The van der Waals surface area contributed by atoms with Crippen molar-refractivity contribution in [2.75, 3.05) is 18.4 Å². The Labute approximate surface area is 144 Å². The third-order valence-electron chi connectivity index (χ3n) is 4.50. The van der Waals surface area contributed by atoms with Gasteiger partial charge in [-0.15, -0.1) is 0 Å². The molecule has 1 aliphatic rings. The third-order valence-corrected chi connectivity index (χ3v) is 4.50. The van der Waals surface area contributed by atoms with Crippen molar-refractivity contribution in [2.24, 2.45) is 0 Å². The lowest BCUT2D eigenvalue weighted by molar-refractivity contribution is -0.114. The number of hydrogen-bond acceptors (Lipinski definition) is 2. The molecule has 3 nitrogen and oxygen atoms in total. The first-order chi connectivity index (χ1) is 11.6. The summed E-state index contributed by atoms with van der Waals surface area (Å²) in [6.07, 6.45) is 1.11. The van der Waals surface area contributed by atoms with E-state index in [0.717, 1.165) is 31.7 Å². The van der Waals surface area contributed by atoms with E-state index < -0.39 is 0 Å². The maximum Gasteiger partial charge on any atom is 0.221 e. The summed E-state index contributed by atoms with van der Waals surface area (Å²) in [7, 11) is 0. The van der Waals surface area contributed by atoms with Crippen LogP contribution in [0.3, 0.4) is 0 Å². The number of rotatable bonds is 4. The normalized spacial score (nSPS) is 15.4. The molecule has 0 saturated heterocycles. The van der Waals surface area contributed by atoms with Gasteiger partial charge in [-0.3, -0.25) is 9.69 Å². The van der Waals surface area contributed by atoms with Gasteiger partial charge in [-0.1, -0.05) is 48.0 Å². The molecule has 3 heteroatoms. The van der Waals surface area contributed by atoms with Gasteiger partial charge in [0.15, 0.2) is 0 Å². The van der Waals surface area contributed by atoms with Gasteiger partial charge in [0.1, 0.15) is 0 Å². The van der Waals surface area contributed by atoms with Gasteiger partial charge in [-0.2, -0.15) is 0 Å². The first-order valence-corrected chi connectivity index (χ1v) is 8.45. The third kappa shape index (κ3) is 4.12. The molecule has 0 radical (unpaired) electrons. The molecular weight excluding hydrogens is 296 g/mol. The van der Waals surface area contributed by atoms with Crippen LogP contribution < -0.4 is 5.32 Å². The number of carbonyl (C=O) groups excluding carboxylic acids is 1. The average Bonchev–Trinajstić information content (AvgIpc) is 2.58. The van der Waals surface area contributed by atoms with Crippen molar-refractivity contribution in [3.63, 3.8) is 0 Å². The Morgan fingerprint density at radius 2 is 1.79 bits per heavy atom. The Kier molecular flexibility index (Phi) is 5.11. The van der Waals surface area contributed by atoms with Crippen molar-refractivity contribution in [1.29, 1.82) is 0 Å². The van der Waals surface area contributed by atoms with Gasteiger partial charge in [0.2, 0.25) is 5.91 Å². The number of nitrogens with zero attached hydrogens (tertiary/aromatic N) is 1. The second-order valence-electron chi connectivity index (χ2n) is 6.46. The molecule has 0 unspecified atom stereocenters. The fourth-order valence-corrected chi connectivity index (χ4v) is 3.19. The molecule has 0 fully saturated rings. The number of nitrogens with one attached hydrogen (secondary N) is 1. The number of carbonyl (C=O) groups is 1. The fraction of sp³-hybridized carbons (Fsp3) is 0.286. The van der Waals surface area contributed by atoms with Crippen molar-refractivity contribution < 1.29 is 4.79 Å². The van der Waals surface area contributed by atoms with Crippen LogP contribution in [0.15, 0.2) is 60.2 Å². The molecule has 0 aromatic heterocycles. The van der Waals surface area contributed by atoms with Gasteiger partial charge in [-0.05, 0) is 42.2 Å². The molecule has 0 aliphatic carbocycles. The van der Waals surface area contributed by atoms with E-state index in [1.165, 1.54) is 29.2 Å². The van der Waals surface area contributed by atoms with Gasteiger partial charge in [-0.25, -0.2) is 0 Å². The molecule has 0 bridgehead atoms. The van der Waals surface area contributed by atoms with E-state index >= 15 is 0 Å². The van der Waals surface area contributed by atoms with E-state index in [1.54, 1.807) is 0 Å². The lowest BCUT2D eigenvalue weighted by atomic mass is 9.94. The minimum absolute atomic E-state index is 0.0372. The highest BCUT2D eigenvalue weighted by molar-refractivity contribution is 5.88. The maximum absolute atomic E-state index is 11.1. The molecular formula is C21H24N2O. The molecule has 1 heterocycles. The summed E-state index contributed by atoms with van der Waals surface area (Å²) in [4.78, 5) is 13.6. The fourth-order valence-electron chi connectivity index (χ4n) is 3.19. The SMILES string of the molecule is CC(=O)Nc1ccc(C2=C(C)CCN(Cc3ccccc3)C2)cc1. The molecule has 1 N–H and O–H groups in total. The predicted octanol–water partition coefficient (Wildman–Crippen LogP) is 4.32. The van der Waals surface area contributed by atoms with E-state index in [1.807, 2.05) is 12.1 Å². The number of hydrogen-bond donors (Lipinski definition) is 1. The van der Waals surface area contributed by atoms with Crippen molar-refractivity contribution in [3.8, 4) is 0 Å². The second kappa shape index (κ2) is 7.45. The summed E-state index contributed by atoms with van der Waals surface area (Å²) in [6, 6.07) is 18.8. The molecule has 0 saturated carbocycles. The largest absolute Gasteiger partial charge is 0.326 e. The Morgan fingerprint density at radius 3 is 2.46 bits per heavy atom. The van der Waals surface area contributed by atoms with Gasteiger partial charge in [0, 0.05) is 32.2 Å². The van der Waals surface area contributed by atoms with Crippen molar-refractivity contribution in [3.05, 3.63) is 71.3 Å². The van der Waals surface area contributed by atoms with Crippen LogP contribution in [0.25, 0.3) is 5.57 Å². The van der Waals surface area contributed by atoms with Crippen LogP contribution in [0.5, 0.6) is 0 Å². The minimum Gasteiger partial charge on any atom is -0.326 e. The number of benzene rings is 2. The van der Waals surface area contributed by atoms with E-state index in [4.69, 9.17) is 0 Å². The van der Waals surface area contributed by atoms with Crippen LogP contribution in [0, 0.1) is 0 Å². The molecule has 3 rings (SSSR count). The highest BCUT2D eigenvalue weighted by atomic mass is 16.1. The molecule has 24 heavy (non-hydrogen) atoms. The molecule has 0 atom stereocenters. The molecule has 1 amide bonds. The van der Waals surface area contributed by atoms with Crippen molar-refractivity contribution >= 4 is 17.2 Å². The lowest BCUT2D eigenvalue weighted by Gasteiger charge is -2.30. The molecule has 0 spiro atoms. The Hall–Kier alpha value is -2.39. The summed E-state index contributed by atoms with van der Waals surface area (Å²) in [5.41, 5.74) is 6.33. The van der Waals surface area contributed by atoms with Gasteiger partial charge in [0.05, 0.1) is 0 Å². The Balaban J connectivity index is 1.73. The van der Waals surface area contributed by atoms with E-state index in [0.29, 0.717) is 0 Å². The topological polar surface area (TPSA) is 32.3 Å². The Bertz CT molecular complexity index is 732. The zero-order chi connectivity index (χ0) is 16.9. The van der Waals surface area contributed by atoms with Crippen LogP contribution in [-0.4, -0.2) is 23.9 Å². The highest BCUT2D eigenvalue weighted by Gasteiger charge is 2.18. The molecule has 1 aliphatic heterocycles. The maximum atomic E-state index is 11.1.